The number of hydrogen-bond donors (Lipinski definition) is 0. The minimum atomic E-state index is -0.156. The zero-order valence-corrected chi connectivity index (χ0v) is 20.0. The zero-order chi connectivity index (χ0) is 23.8. The summed E-state index contributed by atoms with van der Waals surface area (Å²) in [6, 6.07) is 11.4. The summed E-state index contributed by atoms with van der Waals surface area (Å²) in [6.07, 6.45) is 3.76. The molecule has 0 radical (unpaired) electrons. The van der Waals surface area contributed by atoms with E-state index in [-0.39, 0.29) is 12.7 Å². The van der Waals surface area contributed by atoms with Gasteiger partial charge in [-0.15, -0.1) is 0 Å². The molecule has 0 amide bonds. The van der Waals surface area contributed by atoms with Crippen LogP contribution in [0.1, 0.15) is 19.6 Å². The van der Waals surface area contributed by atoms with Gasteiger partial charge in [0.15, 0.2) is 0 Å². The lowest BCUT2D eigenvalue weighted by Gasteiger charge is -2.12. The van der Waals surface area contributed by atoms with Crippen LogP contribution in [0.3, 0.4) is 0 Å². The molecule has 2 aromatic carbocycles. The summed E-state index contributed by atoms with van der Waals surface area (Å²) in [5.41, 5.74) is 3.55. The molecule has 3 heterocycles. The summed E-state index contributed by atoms with van der Waals surface area (Å²) < 4.78 is 22.4. The van der Waals surface area contributed by atoms with Gasteiger partial charge in [-0.1, -0.05) is 6.07 Å². The van der Waals surface area contributed by atoms with E-state index in [4.69, 9.17) is 14.2 Å². The van der Waals surface area contributed by atoms with E-state index in [2.05, 4.69) is 4.98 Å². The van der Waals surface area contributed by atoms with Crippen molar-refractivity contribution in [2.45, 2.75) is 26.4 Å². The van der Waals surface area contributed by atoms with Crippen molar-refractivity contribution in [2.24, 2.45) is 21.1 Å². The maximum atomic E-state index is 12.1. The summed E-state index contributed by atoms with van der Waals surface area (Å²) in [5.74, 6) is 2.14. The van der Waals surface area contributed by atoms with Gasteiger partial charge < -0.3 is 18.8 Å². The second kappa shape index (κ2) is 8.78. The Labute approximate surface area is 194 Å². The first kappa shape index (κ1) is 22.7. The standard InChI is InChI=1S/C20H22N2O4.C5H8N2.H2/c1-13-8-16-17(22(4)19(23)21(16)3)10-18(13)26-15-7-5-6-14(9-15)24-11-20(2)12-25-20;1-5-3-7(2)4-6-5;/h5-10H,11-12H2,1-4H3;3-4H,1-2H3;1H. The van der Waals surface area contributed by atoms with Crippen LogP contribution in [0.2, 0.25) is 0 Å². The van der Waals surface area contributed by atoms with Gasteiger partial charge >= 0.3 is 5.69 Å². The number of rotatable bonds is 5. The molecule has 1 aliphatic rings. The van der Waals surface area contributed by atoms with Gasteiger partial charge in [0.1, 0.15) is 29.5 Å². The Kier molecular flexibility index (Phi) is 6.03. The third kappa shape index (κ3) is 5.12. The van der Waals surface area contributed by atoms with Crippen LogP contribution in [-0.4, -0.2) is 37.5 Å². The van der Waals surface area contributed by atoms with E-state index >= 15 is 0 Å². The van der Waals surface area contributed by atoms with Gasteiger partial charge in [-0.25, -0.2) is 9.78 Å². The van der Waals surface area contributed by atoms with Gasteiger partial charge in [0.25, 0.3) is 0 Å². The number of nitrogens with zero attached hydrogens (tertiary/aromatic N) is 4. The lowest BCUT2D eigenvalue weighted by Crippen LogP contribution is -2.19. The number of fused-ring (bicyclic) bond motifs is 1. The summed E-state index contributed by atoms with van der Waals surface area (Å²) in [5, 5.41) is 0. The number of aryl methyl sites for hydroxylation is 5. The number of hydrogen-bond acceptors (Lipinski definition) is 5. The van der Waals surface area contributed by atoms with Crippen LogP contribution in [-0.2, 0) is 25.9 Å². The molecule has 1 fully saturated rings. The van der Waals surface area contributed by atoms with Crippen molar-refractivity contribution >= 4 is 11.0 Å². The number of aromatic nitrogens is 4. The molecule has 8 heteroatoms. The SMILES string of the molecule is Cc1cc2c(cc1Oc1cccc(OCC3(C)CO3)c1)n(C)c(=O)n2C.Cc1cn(C)cn1.[HH]. The van der Waals surface area contributed by atoms with Crippen LogP contribution >= 0.6 is 0 Å². The van der Waals surface area contributed by atoms with E-state index in [1.807, 2.05) is 75.0 Å². The van der Waals surface area contributed by atoms with Crippen LogP contribution < -0.4 is 15.2 Å². The molecular weight excluding hydrogens is 420 g/mol. The zero-order valence-electron chi connectivity index (χ0n) is 20.0. The first-order chi connectivity index (χ1) is 15.6. The molecule has 33 heavy (non-hydrogen) atoms. The molecule has 0 bridgehead atoms. The number of benzene rings is 2. The van der Waals surface area contributed by atoms with E-state index in [1.54, 1.807) is 29.6 Å². The van der Waals surface area contributed by atoms with Gasteiger partial charge in [-0.2, -0.15) is 0 Å². The van der Waals surface area contributed by atoms with E-state index in [1.165, 1.54) is 0 Å². The highest BCUT2D eigenvalue weighted by molar-refractivity contribution is 5.79. The lowest BCUT2D eigenvalue weighted by atomic mass is 10.2. The number of imidazole rings is 2. The van der Waals surface area contributed by atoms with Gasteiger partial charge in [0.2, 0.25) is 0 Å². The predicted molar refractivity (Wildman–Crippen MR) is 129 cm³/mol. The monoisotopic (exact) mass is 452 g/mol. The fraction of sp³-hybridized carbons (Fsp3) is 0.360. The summed E-state index contributed by atoms with van der Waals surface area (Å²) >= 11 is 0. The summed E-state index contributed by atoms with van der Waals surface area (Å²) in [7, 11) is 5.49. The first-order valence-corrected chi connectivity index (χ1v) is 10.8. The summed E-state index contributed by atoms with van der Waals surface area (Å²) in [4.78, 5) is 16.1. The van der Waals surface area contributed by atoms with Crippen LogP contribution in [0.15, 0.2) is 53.7 Å². The molecule has 1 saturated heterocycles. The van der Waals surface area contributed by atoms with E-state index in [9.17, 15) is 4.79 Å². The fourth-order valence-electron chi connectivity index (χ4n) is 3.48. The quantitative estimate of drug-likeness (QED) is 0.426. The molecule has 1 atom stereocenters. The highest BCUT2D eigenvalue weighted by atomic mass is 16.6. The molecule has 5 rings (SSSR count). The van der Waals surface area contributed by atoms with Gasteiger partial charge in [0, 0.05) is 40.9 Å². The molecule has 1 aliphatic heterocycles. The van der Waals surface area contributed by atoms with Crippen molar-refractivity contribution in [1.82, 2.24) is 18.7 Å². The normalized spacial score (nSPS) is 16.9. The Morgan fingerprint density at radius 3 is 2.33 bits per heavy atom. The highest BCUT2D eigenvalue weighted by Crippen LogP contribution is 2.32. The largest absolute Gasteiger partial charge is 0.490 e. The topological polar surface area (TPSA) is 75.7 Å². The maximum absolute atomic E-state index is 12.1. The molecule has 0 spiro atoms. The average Bonchev–Trinajstić information content (AvgIpc) is 3.35. The molecule has 4 aromatic rings. The third-order valence-electron chi connectivity index (χ3n) is 5.62. The minimum Gasteiger partial charge on any atom is -0.490 e. The third-order valence-corrected chi connectivity index (χ3v) is 5.62. The van der Waals surface area contributed by atoms with Crippen LogP contribution in [0.5, 0.6) is 17.2 Å². The van der Waals surface area contributed by atoms with Crippen molar-refractivity contribution in [3.05, 3.63) is 70.7 Å². The number of epoxide rings is 1. The second-order valence-electron chi connectivity index (χ2n) is 8.79. The molecule has 1 unspecified atom stereocenters. The minimum absolute atomic E-state index is 0. The van der Waals surface area contributed by atoms with Crippen molar-refractivity contribution in [1.29, 1.82) is 0 Å². The van der Waals surface area contributed by atoms with E-state index in [0.29, 0.717) is 18.1 Å². The average molecular weight is 453 g/mol. The molecule has 0 N–H and O–H groups in total. The Bertz CT molecular complexity index is 1330. The first-order valence-electron chi connectivity index (χ1n) is 10.8. The Morgan fingerprint density at radius 2 is 1.76 bits per heavy atom. The van der Waals surface area contributed by atoms with Crippen molar-refractivity contribution in [3.63, 3.8) is 0 Å². The molecular formula is C25H32N4O4. The van der Waals surface area contributed by atoms with Crippen LogP contribution in [0.4, 0.5) is 0 Å². The van der Waals surface area contributed by atoms with Crippen molar-refractivity contribution in [2.75, 3.05) is 13.2 Å². The molecule has 2 aromatic heterocycles. The molecule has 8 nitrogen and oxygen atoms in total. The number of ether oxygens (including phenoxy) is 3. The van der Waals surface area contributed by atoms with Gasteiger partial charge in [0.05, 0.1) is 29.7 Å². The van der Waals surface area contributed by atoms with E-state index in [0.717, 1.165) is 34.6 Å². The summed E-state index contributed by atoms with van der Waals surface area (Å²) in [6.45, 7) is 7.22. The molecule has 176 valence electrons. The van der Waals surface area contributed by atoms with Crippen molar-refractivity contribution < 1.29 is 15.6 Å². The smallest absolute Gasteiger partial charge is 0.328 e. The maximum Gasteiger partial charge on any atom is 0.328 e. The predicted octanol–water partition coefficient (Wildman–Crippen LogP) is 4.12. The van der Waals surface area contributed by atoms with E-state index < -0.39 is 0 Å². The molecule has 0 aliphatic carbocycles. The van der Waals surface area contributed by atoms with Crippen LogP contribution in [0.25, 0.3) is 11.0 Å². The van der Waals surface area contributed by atoms with Gasteiger partial charge in [-0.3, -0.25) is 9.13 Å². The van der Waals surface area contributed by atoms with Crippen LogP contribution in [0, 0.1) is 13.8 Å². The highest BCUT2D eigenvalue weighted by Gasteiger charge is 2.40. The Morgan fingerprint density at radius 1 is 1.09 bits per heavy atom. The Balaban J connectivity index is 0.000000350. The fourth-order valence-corrected chi connectivity index (χ4v) is 3.48. The molecule has 0 saturated carbocycles. The van der Waals surface area contributed by atoms with Gasteiger partial charge in [-0.05, 0) is 44.5 Å². The Hall–Kier alpha value is -3.52. The second-order valence-corrected chi connectivity index (χ2v) is 8.79. The van der Waals surface area contributed by atoms with Crippen molar-refractivity contribution in [3.8, 4) is 17.2 Å². The lowest BCUT2D eigenvalue weighted by molar-refractivity contribution is 0.202.